The highest BCUT2D eigenvalue weighted by Crippen LogP contribution is 2.22. The molecule has 0 radical (unpaired) electrons. The fourth-order valence-corrected chi connectivity index (χ4v) is 5.69. The van der Waals surface area contributed by atoms with Crippen LogP contribution in [0.5, 0.6) is 0 Å². The molecule has 0 N–H and O–H groups in total. The van der Waals surface area contributed by atoms with Crippen molar-refractivity contribution in [3.63, 3.8) is 0 Å². The largest absolute Gasteiger partial charge is 0.454 e. The monoisotopic (exact) mass is 462 g/mol. The quantitative estimate of drug-likeness (QED) is 0.464. The SMILES string of the molecule is CCn1c(C)cc(C(=O)COC(=O)c2ccc(S(=O)(=O)N3CC(C)OC(C)C3)cc2)c1C. The molecule has 1 fully saturated rings. The number of hydrogen-bond donors (Lipinski definition) is 0. The Kier molecular flexibility index (Phi) is 7.22. The van der Waals surface area contributed by atoms with Gasteiger partial charge in [0.2, 0.25) is 15.8 Å². The molecule has 9 heteroatoms. The van der Waals surface area contributed by atoms with Gasteiger partial charge in [0.25, 0.3) is 0 Å². The number of ether oxygens (including phenoxy) is 2. The number of ketones is 1. The van der Waals surface area contributed by atoms with Gasteiger partial charge in [-0.2, -0.15) is 4.31 Å². The summed E-state index contributed by atoms with van der Waals surface area (Å²) in [6, 6.07) is 7.36. The molecule has 1 aromatic carbocycles. The molecular formula is C23H30N2O6S. The van der Waals surface area contributed by atoms with Crippen molar-refractivity contribution < 1.29 is 27.5 Å². The molecule has 174 valence electrons. The molecule has 0 spiro atoms. The Morgan fingerprint density at radius 1 is 1.09 bits per heavy atom. The van der Waals surface area contributed by atoms with Crippen LogP contribution in [0.4, 0.5) is 0 Å². The molecule has 2 unspecified atom stereocenters. The third kappa shape index (κ3) is 4.95. The number of carbonyl (C=O) groups excluding carboxylic acids is 2. The molecule has 0 aliphatic carbocycles. The third-order valence-corrected chi connectivity index (χ3v) is 7.48. The lowest BCUT2D eigenvalue weighted by atomic mass is 10.1. The molecular weight excluding hydrogens is 432 g/mol. The summed E-state index contributed by atoms with van der Waals surface area (Å²) in [6.45, 7) is 10.4. The Morgan fingerprint density at radius 3 is 2.22 bits per heavy atom. The van der Waals surface area contributed by atoms with E-state index in [0.29, 0.717) is 5.56 Å². The van der Waals surface area contributed by atoms with Crippen LogP contribution in [0, 0.1) is 13.8 Å². The van der Waals surface area contributed by atoms with Gasteiger partial charge in [-0.1, -0.05) is 0 Å². The fraction of sp³-hybridized carbons (Fsp3) is 0.478. The predicted molar refractivity (Wildman–Crippen MR) is 119 cm³/mol. The number of rotatable bonds is 7. The van der Waals surface area contributed by atoms with E-state index in [0.717, 1.165) is 17.9 Å². The van der Waals surface area contributed by atoms with Crippen LogP contribution in [-0.4, -0.2) is 60.9 Å². The van der Waals surface area contributed by atoms with E-state index in [1.54, 1.807) is 6.07 Å². The molecule has 1 aromatic heterocycles. The zero-order valence-corrected chi connectivity index (χ0v) is 19.9. The molecule has 0 bridgehead atoms. The molecule has 3 rings (SSSR count). The van der Waals surface area contributed by atoms with Crippen LogP contribution in [0.1, 0.15) is 52.9 Å². The molecule has 2 heterocycles. The summed E-state index contributed by atoms with van der Waals surface area (Å²) in [5, 5.41) is 0. The van der Waals surface area contributed by atoms with Gasteiger partial charge in [-0.3, -0.25) is 4.79 Å². The molecule has 2 aromatic rings. The minimum atomic E-state index is -3.70. The van der Waals surface area contributed by atoms with Crippen molar-refractivity contribution in [3.05, 3.63) is 52.8 Å². The predicted octanol–water partition coefficient (Wildman–Crippen LogP) is 2.96. The highest BCUT2D eigenvalue weighted by Gasteiger charge is 2.32. The minimum Gasteiger partial charge on any atom is -0.454 e. The van der Waals surface area contributed by atoms with Crippen molar-refractivity contribution in [3.8, 4) is 0 Å². The van der Waals surface area contributed by atoms with E-state index >= 15 is 0 Å². The number of nitrogens with zero attached hydrogens (tertiary/aromatic N) is 2. The number of morpholine rings is 1. The highest BCUT2D eigenvalue weighted by atomic mass is 32.2. The molecule has 1 aliphatic rings. The second kappa shape index (κ2) is 9.56. The van der Waals surface area contributed by atoms with Crippen LogP contribution in [0.15, 0.2) is 35.2 Å². The number of benzene rings is 1. The number of esters is 1. The zero-order chi connectivity index (χ0) is 23.6. The van der Waals surface area contributed by atoms with Gasteiger partial charge in [-0.25, -0.2) is 13.2 Å². The average Bonchev–Trinajstić information content (AvgIpc) is 3.04. The van der Waals surface area contributed by atoms with Gasteiger partial charge in [-0.05, 0) is 65.0 Å². The van der Waals surface area contributed by atoms with Crippen LogP contribution >= 0.6 is 0 Å². The number of aryl methyl sites for hydroxylation is 1. The van der Waals surface area contributed by atoms with E-state index in [2.05, 4.69) is 0 Å². The van der Waals surface area contributed by atoms with Gasteiger partial charge >= 0.3 is 5.97 Å². The number of carbonyl (C=O) groups is 2. The molecule has 32 heavy (non-hydrogen) atoms. The van der Waals surface area contributed by atoms with Gasteiger partial charge in [0.1, 0.15) is 0 Å². The lowest BCUT2D eigenvalue weighted by Crippen LogP contribution is -2.48. The Balaban J connectivity index is 1.66. The molecule has 0 saturated carbocycles. The zero-order valence-electron chi connectivity index (χ0n) is 19.1. The Morgan fingerprint density at radius 2 is 1.69 bits per heavy atom. The molecule has 1 saturated heterocycles. The van der Waals surface area contributed by atoms with Crippen molar-refractivity contribution >= 4 is 21.8 Å². The number of hydrogen-bond acceptors (Lipinski definition) is 6. The maximum Gasteiger partial charge on any atom is 0.338 e. The van der Waals surface area contributed by atoms with Crippen molar-refractivity contribution in [1.29, 1.82) is 0 Å². The van der Waals surface area contributed by atoms with E-state index in [-0.39, 0.29) is 48.1 Å². The second-order valence-corrected chi connectivity index (χ2v) is 10.1. The lowest BCUT2D eigenvalue weighted by molar-refractivity contribution is -0.0440. The van der Waals surface area contributed by atoms with Crippen molar-refractivity contribution in [2.75, 3.05) is 19.7 Å². The summed E-state index contributed by atoms with van der Waals surface area (Å²) in [5.74, 6) is -0.957. The van der Waals surface area contributed by atoms with Crippen LogP contribution < -0.4 is 0 Å². The maximum atomic E-state index is 12.9. The lowest BCUT2D eigenvalue weighted by Gasteiger charge is -2.34. The van der Waals surface area contributed by atoms with Gasteiger partial charge in [0.15, 0.2) is 6.61 Å². The molecule has 8 nitrogen and oxygen atoms in total. The maximum absolute atomic E-state index is 12.9. The second-order valence-electron chi connectivity index (χ2n) is 8.13. The van der Waals surface area contributed by atoms with Crippen molar-refractivity contribution in [2.24, 2.45) is 0 Å². The minimum absolute atomic E-state index is 0.0958. The van der Waals surface area contributed by atoms with E-state index in [4.69, 9.17) is 9.47 Å². The van der Waals surface area contributed by atoms with Gasteiger partial charge in [0, 0.05) is 36.6 Å². The van der Waals surface area contributed by atoms with E-state index < -0.39 is 16.0 Å². The van der Waals surface area contributed by atoms with Crippen LogP contribution in [-0.2, 0) is 26.0 Å². The van der Waals surface area contributed by atoms with E-state index in [1.807, 2.05) is 39.2 Å². The topological polar surface area (TPSA) is 94.9 Å². The Hall–Kier alpha value is -2.49. The summed E-state index contributed by atoms with van der Waals surface area (Å²) < 4.78 is 40.0. The van der Waals surface area contributed by atoms with E-state index in [1.165, 1.54) is 28.6 Å². The van der Waals surface area contributed by atoms with Crippen LogP contribution in [0.25, 0.3) is 0 Å². The first-order valence-electron chi connectivity index (χ1n) is 10.7. The van der Waals surface area contributed by atoms with Crippen molar-refractivity contribution in [2.45, 2.75) is 58.3 Å². The average molecular weight is 463 g/mol. The van der Waals surface area contributed by atoms with Gasteiger partial charge in [-0.15, -0.1) is 0 Å². The number of aromatic nitrogens is 1. The Bertz CT molecular complexity index is 1090. The van der Waals surface area contributed by atoms with E-state index in [9.17, 15) is 18.0 Å². The standard InChI is InChI=1S/C23H30N2O6S/c1-6-25-15(2)11-21(18(25)5)22(26)14-30-23(27)19-7-9-20(10-8-19)32(28,29)24-12-16(3)31-17(4)13-24/h7-11,16-17H,6,12-14H2,1-5H3. The number of sulfonamides is 1. The number of Topliss-reactive ketones (excluding diaryl/α,β-unsaturated/α-hetero) is 1. The summed E-state index contributed by atoms with van der Waals surface area (Å²) in [4.78, 5) is 25.0. The van der Waals surface area contributed by atoms with Crippen LogP contribution in [0.3, 0.4) is 0 Å². The van der Waals surface area contributed by atoms with Crippen LogP contribution in [0.2, 0.25) is 0 Å². The molecule has 2 atom stereocenters. The highest BCUT2D eigenvalue weighted by molar-refractivity contribution is 7.89. The van der Waals surface area contributed by atoms with Gasteiger partial charge < -0.3 is 14.0 Å². The molecule has 1 aliphatic heterocycles. The summed E-state index contributed by atoms with van der Waals surface area (Å²) in [6.07, 6.45) is -0.385. The smallest absolute Gasteiger partial charge is 0.338 e. The fourth-order valence-electron chi connectivity index (χ4n) is 4.10. The first-order chi connectivity index (χ1) is 15.0. The van der Waals surface area contributed by atoms with Crippen molar-refractivity contribution in [1.82, 2.24) is 8.87 Å². The Labute approximate surface area is 189 Å². The summed E-state index contributed by atoms with van der Waals surface area (Å²) >= 11 is 0. The third-order valence-electron chi connectivity index (χ3n) is 5.64. The first kappa shape index (κ1) is 24.2. The normalized spacial score (nSPS) is 19.7. The summed E-state index contributed by atoms with van der Waals surface area (Å²) in [5.41, 5.74) is 2.53. The van der Waals surface area contributed by atoms with Gasteiger partial charge in [0.05, 0.1) is 22.7 Å². The summed E-state index contributed by atoms with van der Waals surface area (Å²) in [7, 11) is -3.70. The molecule has 0 amide bonds. The first-order valence-corrected chi connectivity index (χ1v) is 12.1.